The third-order valence-corrected chi connectivity index (χ3v) is 3.19. The molecule has 0 bridgehead atoms. The first kappa shape index (κ1) is 9.75. The van der Waals surface area contributed by atoms with Gasteiger partial charge in [-0.3, -0.25) is 0 Å². The van der Waals surface area contributed by atoms with Crippen molar-refractivity contribution in [3.8, 4) is 0 Å². The second kappa shape index (κ2) is 3.58. The maximum absolute atomic E-state index is 11.6. The van der Waals surface area contributed by atoms with Crippen LogP contribution in [0.3, 0.4) is 0 Å². The summed E-state index contributed by atoms with van der Waals surface area (Å²) in [5.41, 5.74) is 0. The molecule has 1 N–H and O–H groups in total. The monoisotopic (exact) mass is 169 g/mol. The Morgan fingerprint density at radius 1 is 1.42 bits per heavy atom. The van der Waals surface area contributed by atoms with Crippen LogP contribution in [0.25, 0.3) is 0 Å². The van der Waals surface area contributed by atoms with Crippen molar-refractivity contribution in [1.82, 2.24) is 0 Å². The van der Waals surface area contributed by atoms with Crippen molar-refractivity contribution in [2.45, 2.75) is 32.5 Å². The summed E-state index contributed by atoms with van der Waals surface area (Å²) in [5, 5.41) is 21.2. The van der Waals surface area contributed by atoms with E-state index in [4.69, 9.17) is 0 Å². The number of aliphatic hydroxyl groups excluding tert-OH is 1. The van der Waals surface area contributed by atoms with Gasteiger partial charge in [-0.25, -0.2) is 0 Å². The fraction of sp³-hybridized carbons (Fsp3) is 0.800. The third-order valence-electron chi connectivity index (χ3n) is 3.19. The Balaban J connectivity index is 2.70. The summed E-state index contributed by atoms with van der Waals surface area (Å²) in [6, 6.07) is 0. The highest BCUT2D eigenvalue weighted by atomic mass is 16.3. The lowest BCUT2D eigenvalue weighted by atomic mass is 9.72. The first-order valence-corrected chi connectivity index (χ1v) is 4.54. The van der Waals surface area contributed by atoms with Gasteiger partial charge in [-0.15, -0.1) is 12.7 Å². The van der Waals surface area contributed by atoms with E-state index in [1.165, 1.54) is 0 Å². The van der Waals surface area contributed by atoms with Gasteiger partial charge in [0.1, 0.15) is 0 Å². The molecule has 0 radical (unpaired) electrons. The molecule has 2 nitrogen and oxygen atoms in total. The zero-order valence-corrected chi connectivity index (χ0v) is 7.73. The van der Waals surface area contributed by atoms with Crippen LogP contribution in [0, 0.1) is 17.8 Å². The molecule has 1 aliphatic rings. The minimum atomic E-state index is -0.583. The Labute approximate surface area is 73.9 Å². The van der Waals surface area contributed by atoms with Crippen molar-refractivity contribution in [1.29, 1.82) is 0 Å². The van der Waals surface area contributed by atoms with Crippen LogP contribution in [0.5, 0.6) is 0 Å². The van der Waals surface area contributed by atoms with E-state index in [2.05, 4.69) is 6.58 Å². The maximum atomic E-state index is 11.6. The van der Waals surface area contributed by atoms with Crippen molar-refractivity contribution in [3.05, 3.63) is 12.7 Å². The van der Waals surface area contributed by atoms with Crippen LogP contribution in [0.4, 0.5) is 0 Å². The van der Waals surface area contributed by atoms with E-state index in [0.717, 1.165) is 0 Å². The molecule has 0 aromatic carbocycles. The predicted octanol–water partition coefficient (Wildman–Crippen LogP) is 0.554. The summed E-state index contributed by atoms with van der Waals surface area (Å²) in [5.74, 6) is 0.131. The average molecular weight is 169 g/mol. The summed E-state index contributed by atoms with van der Waals surface area (Å²) >= 11 is 0. The van der Waals surface area contributed by atoms with E-state index in [-0.39, 0.29) is 23.9 Å². The fourth-order valence-electron chi connectivity index (χ4n) is 1.90. The van der Waals surface area contributed by atoms with Crippen LogP contribution in [0.2, 0.25) is 0 Å². The molecule has 1 saturated carbocycles. The fourth-order valence-corrected chi connectivity index (χ4v) is 1.90. The van der Waals surface area contributed by atoms with Gasteiger partial charge in [0.05, 0.1) is 6.10 Å². The maximum Gasteiger partial charge on any atom is 0.0573 e. The minimum Gasteiger partial charge on any atom is -0.851 e. The molecule has 1 rings (SSSR count). The van der Waals surface area contributed by atoms with Gasteiger partial charge in [0.25, 0.3) is 0 Å². The minimum absolute atomic E-state index is 0.0498. The van der Waals surface area contributed by atoms with E-state index in [9.17, 15) is 10.2 Å². The Kier molecular flexibility index (Phi) is 2.91. The predicted molar refractivity (Wildman–Crippen MR) is 46.4 cm³/mol. The topological polar surface area (TPSA) is 43.3 Å². The molecule has 0 heterocycles. The molecule has 0 aromatic rings. The molecule has 0 amide bonds. The lowest BCUT2D eigenvalue weighted by Gasteiger charge is -2.46. The van der Waals surface area contributed by atoms with Gasteiger partial charge in [-0.1, -0.05) is 25.8 Å². The first-order chi connectivity index (χ1) is 5.57. The van der Waals surface area contributed by atoms with Crippen LogP contribution in [0.1, 0.15) is 20.3 Å². The van der Waals surface area contributed by atoms with Crippen LogP contribution < -0.4 is 5.11 Å². The highest BCUT2D eigenvalue weighted by molar-refractivity contribution is 4.95. The second-order valence-electron chi connectivity index (χ2n) is 3.89. The highest BCUT2D eigenvalue weighted by Crippen LogP contribution is 2.33. The smallest absolute Gasteiger partial charge is 0.0573 e. The molecule has 70 valence electrons. The van der Waals surface area contributed by atoms with E-state index >= 15 is 0 Å². The molecule has 0 spiro atoms. The van der Waals surface area contributed by atoms with E-state index < -0.39 is 6.10 Å². The highest BCUT2D eigenvalue weighted by Gasteiger charge is 2.32. The number of rotatable bonds is 1. The molecule has 1 fully saturated rings. The van der Waals surface area contributed by atoms with Crippen LogP contribution >= 0.6 is 0 Å². The second-order valence-corrected chi connectivity index (χ2v) is 3.89. The van der Waals surface area contributed by atoms with Crippen molar-refractivity contribution < 1.29 is 10.2 Å². The molecule has 5 atom stereocenters. The Morgan fingerprint density at radius 3 is 2.50 bits per heavy atom. The normalized spacial score (nSPS) is 48.8. The molecule has 5 unspecified atom stereocenters. The van der Waals surface area contributed by atoms with Gasteiger partial charge in [0.15, 0.2) is 0 Å². The van der Waals surface area contributed by atoms with E-state index in [1.807, 2.05) is 13.8 Å². The largest absolute Gasteiger partial charge is 0.851 e. The third kappa shape index (κ3) is 1.54. The molecule has 0 aromatic heterocycles. The Hall–Kier alpha value is -0.340. The van der Waals surface area contributed by atoms with Gasteiger partial charge in [0.2, 0.25) is 0 Å². The van der Waals surface area contributed by atoms with E-state index in [0.29, 0.717) is 6.42 Å². The van der Waals surface area contributed by atoms with Crippen LogP contribution in [0.15, 0.2) is 12.7 Å². The van der Waals surface area contributed by atoms with E-state index in [1.54, 1.807) is 6.08 Å². The number of hydrogen-bond donors (Lipinski definition) is 1. The van der Waals surface area contributed by atoms with Crippen molar-refractivity contribution in [2.75, 3.05) is 0 Å². The van der Waals surface area contributed by atoms with Gasteiger partial charge >= 0.3 is 0 Å². The Bertz CT molecular complexity index is 167. The molecule has 12 heavy (non-hydrogen) atoms. The Morgan fingerprint density at radius 2 is 2.00 bits per heavy atom. The summed E-state index contributed by atoms with van der Waals surface area (Å²) in [7, 11) is 0. The SMILES string of the molecule is C=CC1CC(O)C(C)C(C)C1[O-]. The van der Waals surface area contributed by atoms with Crippen molar-refractivity contribution in [2.24, 2.45) is 17.8 Å². The quantitative estimate of drug-likeness (QED) is 0.583. The van der Waals surface area contributed by atoms with Crippen molar-refractivity contribution in [3.63, 3.8) is 0 Å². The molecular formula is C10H17O2-. The zero-order chi connectivity index (χ0) is 9.30. The molecular weight excluding hydrogens is 152 g/mol. The lowest BCUT2D eigenvalue weighted by Crippen LogP contribution is -2.50. The lowest BCUT2D eigenvalue weighted by molar-refractivity contribution is -0.452. The van der Waals surface area contributed by atoms with Gasteiger partial charge in [0, 0.05) is 0 Å². The molecule has 0 saturated heterocycles. The van der Waals surface area contributed by atoms with Crippen molar-refractivity contribution >= 4 is 0 Å². The zero-order valence-electron chi connectivity index (χ0n) is 7.73. The van der Waals surface area contributed by atoms with Gasteiger partial charge in [-0.05, 0) is 18.3 Å². The van der Waals surface area contributed by atoms with Gasteiger partial charge < -0.3 is 10.2 Å². The average Bonchev–Trinajstić information content (AvgIpc) is 2.08. The summed E-state index contributed by atoms with van der Waals surface area (Å²) < 4.78 is 0. The molecule has 0 aliphatic heterocycles. The van der Waals surface area contributed by atoms with Gasteiger partial charge in [-0.2, -0.15) is 0 Å². The summed E-state index contributed by atoms with van der Waals surface area (Å²) in [6.45, 7) is 7.48. The van der Waals surface area contributed by atoms with Crippen LogP contribution in [-0.4, -0.2) is 17.3 Å². The molecule has 2 heteroatoms. The first-order valence-electron chi connectivity index (χ1n) is 4.54. The number of aliphatic hydroxyl groups is 1. The van der Waals surface area contributed by atoms with Crippen LogP contribution in [-0.2, 0) is 0 Å². The standard InChI is InChI=1S/C10H17O2/c1-4-8-5-9(11)6(2)7(3)10(8)12/h4,6-11H,1,5H2,2-3H3/q-1. The summed E-state index contributed by atoms with van der Waals surface area (Å²) in [4.78, 5) is 0. The molecule has 1 aliphatic carbocycles. The number of hydrogen-bond acceptors (Lipinski definition) is 2. The summed E-state index contributed by atoms with van der Waals surface area (Å²) in [6.07, 6.45) is 1.36.